The lowest BCUT2D eigenvalue weighted by molar-refractivity contribution is -0.133. The Hall–Kier alpha value is -2.82. The molecule has 1 N–H and O–H groups in total. The highest BCUT2D eigenvalue weighted by molar-refractivity contribution is 5.76. The lowest BCUT2D eigenvalue weighted by Crippen LogP contribution is -2.41. The van der Waals surface area contributed by atoms with Gasteiger partial charge in [-0.25, -0.2) is 4.98 Å². The topological polar surface area (TPSA) is 128 Å². The van der Waals surface area contributed by atoms with E-state index in [4.69, 9.17) is 14.6 Å². The lowest BCUT2D eigenvalue weighted by atomic mass is 9.99. The van der Waals surface area contributed by atoms with Crippen LogP contribution in [0.4, 0.5) is 0 Å². The number of amides is 1. The third-order valence-electron chi connectivity index (χ3n) is 5.23. The second-order valence-electron chi connectivity index (χ2n) is 7.22. The molecule has 11 heteroatoms. The van der Waals surface area contributed by atoms with E-state index in [2.05, 4.69) is 31.8 Å². The fraction of sp³-hybridized carbons (Fsp3) is 0.667. The van der Waals surface area contributed by atoms with Gasteiger partial charge in [0.05, 0.1) is 12.6 Å². The van der Waals surface area contributed by atoms with E-state index in [-0.39, 0.29) is 18.4 Å². The van der Waals surface area contributed by atoms with Gasteiger partial charge in [-0.2, -0.15) is 5.10 Å². The Morgan fingerprint density at radius 1 is 1.34 bits per heavy atom. The Morgan fingerprint density at radius 2 is 2.10 bits per heavy atom. The van der Waals surface area contributed by atoms with Crippen molar-refractivity contribution in [1.29, 1.82) is 0 Å². The molecule has 0 unspecified atom stereocenters. The average Bonchev–Trinajstić information content (AvgIpc) is 3.39. The van der Waals surface area contributed by atoms with Crippen LogP contribution in [0.25, 0.3) is 0 Å². The van der Waals surface area contributed by atoms with Crippen LogP contribution in [0.2, 0.25) is 0 Å². The van der Waals surface area contributed by atoms with Crippen molar-refractivity contribution in [2.24, 2.45) is 0 Å². The van der Waals surface area contributed by atoms with E-state index in [1.165, 1.54) is 6.33 Å². The third-order valence-corrected chi connectivity index (χ3v) is 5.23. The fourth-order valence-corrected chi connectivity index (χ4v) is 3.88. The van der Waals surface area contributed by atoms with Crippen molar-refractivity contribution in [2.45, 2.75) is 57.7 Å². The standard InChI is InChI=1S/C17H25N7O2.CH2O2/c1-13-9-22(16(25)3-2-6-23-12-18-11-19-23)10-15-20-21-17(24(13)15)14-4-7-26-8-5-14;2-1-3/h11-14H,2-10H2,1H3;1H,(H,2,3)/t13-;/m0./s1. The molecule has 2 aliphatic rings. The van der Waals surface area contributed by atoms with Gasteiger partial charge >= 0.3 is 0 Å². The molecule has 2 aromatic rings. The third kappa shape index (κ3) is 5.17. The van der Waals surface area contributed by atoms with Gasteiger partial charge in [0.2, 0.25) is 5.91 Å². The molecule has 1 atom stereocenters. The van der Waals surface area contributed by atoms with Crippen LogP contribution in [0.3, 0.4) is 0 Å². The van der Waals surface area contributed by atoms with Gasteiger partial charge in [-0.3, -0.25) is 14.3 Å². The van der Waals surface area contributed by atoms with Gasteiger partial charge in [-0.1, -0.05) is 0 Å². The summed E-state index contributed by atoms with van der Waals surface area (Å²) in [7, 11) is 0. The molecular formula is C18H27N7O4. The average molecular weight is 405 g/mol. The van der Waals surface area contributed by atoms with Crippen molar-refractivity contribution >= 4 is 12.4 Å². The highest BCUT2D eigenvalue weighted by Crippen LogP contribution is 2.30. The minimum atomic E-state index is -0.250. The Labute approximate surface area is 168 Å². The molecule has 29 heavy (non-hydrogen) atoms. The number of fused-ring (bicyclic) bond motifs is 1. The van der Waals surface area contributed by atoms with Crippen molar-refractivity contribution in [3.8, 4) is 0 Å². The van der Waals surface area contributed by atoms with E-state index in [0.717, 1.165) is 44.1 Å². The van der Waals surface area contributed by atoms with Crippen LogP contribution in [0.1, 0.15) is 56.2 Å². The molecule has 158 valence electrons. The van der Waals surface area contributed by atoms with E-state index in [1.807, 2.05) is 4.90 Å². The number of ether oxygens (including phenoxy) is 1. The van der Waals surface area contributed by atoms with Crippen molar-refractivity contribution in [3.63, 3.8) is 0 Å². The first kappa shape index (κ1) is 20.9. The van der Waals surface area contributed by atoms with Gasteiger partial charge in [-0.05, 0) is 26.2 Å². The molecule has 0 spiro atoms. The predicted octanol–water partition coefficient (Wildman–Crippen LogP) is 0.848. The van der Waals surface area contributed by atoms with E-state index >= 15 is 0 Å². The summed E-state index contributed by atoms with van der Waals surface area (Å²) in [6, 6.07) is 0.200. The Kier molecular flexibility index (Phi) is 7.28. The zero-order chi connectivity index (χ0) is 20.6. The first-order valence-corrected chi connectivity index (χ1v) is 9.83. The van der Waals surface area contributed by atoms with Gasteiger partial charge < -0.3 is 19.3 Å². The molecule has 4 rings (SSSR count). The Morgan fingerprint density at radius 3 is 2.79 bits per heavy atom. The highest BCUT2D eigenvalue weighted by Gasteiger charge is 2.32. The van der Waals surface area contributed by atoms with Gasteiger partial charge in [0.25, 0.3) is 6.47 Å². The van der Waals surface area contributed by atoms with Crippen molar-refractivity contribution in [1.82, 2.24) is 34.4 Å². The molecule has 0 aliphatic carbocycles. The smallest absolute Gasteiger partial charge is 0.290 e. The summed E-state index contributed by atoms with van der Waals surface area (Å²) < 4.78 is 9.46. The lowest BCUT2D eigenvalue weighted by Gasteiger charge is -2.34. The second kappa shape index (κ2) is 10.1. The van der Waals surface area contributed by atoms with Crippen LogP contribution in [0, 0.1) is 0 Å². The Bertz CT molecular complexity index is 786. The minimum absolute atomic E-state index is 0.166. The van der Waals surface area contributed by atoms with E-state index in [1.54, 1.807) is 11.0 Å². The molecular weight excluding hydrogens is 378 g/mol. The van der Waals surface area contributed by atoms with Crippen LogP contribution >= 0.6 is 0 Å². The number of hydrogen-bond donors (Lipinski definition) is 1. The summed E-state index contributed by atoms with van der Waals surface area (Å²) in [5.74, 6) is 2.54. The maximum absolute atomic E-state index is 12.6. The van der Waals surface area contributed by atoms with Gasteiger partial charge in [0.1, 0.15) is 18.5 Å². The first-order valence-electron chi connectivity index (χ1n) is 9.83. The van der Waals surface area contributed by atoms with Crippen molar-refractivity contribution < 1.29 is 19.4 Å². The predicted molar refractivity (Wildman–Crippen MR) is 101 cm³/mol. The van der Waals surface area contributed by atoms with E-state index < -0.39 is 0 Å². The van der Waals surface area contributed by atoms with Crippen molar-refractivity contribution in [3.05, 3.63) is 24.3 Å². The van der Waals surface area contributed by atoms with E-state index in [0.29, 0.717) is 32.0 Å². The number of aryl methyl sites for hydroxylation is 1. The molecule has 1 saturated heterocycles. The minimum Gasteiger partial charge on any atom is -0.483 e. The summed E-state index contributed by atoms with van der Waals surface area (Å²) in [5.41, 5.74) is 0. The van der Waals surface area contributed by atoms with Crippen molar-refractivity contribution in [2.75, 3.05) is 19.8 Å². The molecule has 0 bridgehead atoms. The molecule has 1 fully saturated rings. The summed E-state index contributed by atoms with van der Waals surface area (Å²) in [4.78, 5) is 26.8. The first-order chi connectivity index (χ1) is 14.1. The van der Waals surface area contributed by atoms with Crippen LogP contribution in [-0.4, -0.2) is 71.7 Å². The van der Waals surface area contributed by atoms with Gasteiger partial charge in [0, 0.05) is 38.6 Å². The number of hydrogen-bond acceptors (Lipinski definition) is 7. The normalized spacial score (nSPS) is 19.2. The molecule has 0 radical (unpaired) electrons. The van der Waals surface area contributed by atoms with Crippen LogP contribution in [-0.2, 0) is 27.4 Å². The van der Waals surface area contributed by atoms with Gasteiger partial charge in [-0.15, -0.1) is 10.2 Å². The number of carbonyl (C=O) groups is 2. The monoisotopic (exact) mass is 405 g/mol. The summed E-state index contributed by atoms with van der Waals surface area (Å²) >= 11 is 0. The quantitative estimate of drug-likeness (QED) is 0.725. The zero-order valence-corrected chi connectivity index (χ0v) is 16.6. The molecule has 1 amide bonds. The van der Waals surface area contributed by atoms with Crippen LogP contribution in [0.5, 0.6) is 0 Å². The van der Waals surface area contributed by atoms with Crippen LogP contribution < -0.4 is 0 Å². The number of aromatic nitrogens is 6. The zero-order valence-electron chi connectivity index (χ0n) is 16.6. The summed E-state index contributed by atoms with van der Waals surface area (Å²) in [5, 5.41) is 19.8. The van der Waals surface area contributed by atoms with E-state index in [9.17, 15) is 4.79 Å². The van der Waals surface area contributed by atoms with Crippen LogP contribution in [0.15, 0.2) is 12.7 Å². The fourth-order valence-electron chi connectivity index (χ4n) is 3.88. The maximum Gasteiger partial charge on any atom is 0.290 e. The molecule has 11 nitrogen and oxygen atoms in total. The molecule has 2 aromatic heterocycles. The molecule has 4 heterocycles. The second-order valence-corrected chi connectivity index (χ2v) is 7.22. The summed E-state index contributed by atoms with van der Waals surface area (Å²) in [6.45, 7) is 5.44. The maximum atomic E-state index is 12.6. The largest absolute Gasteiger partial charge is 0.483 e. The number of carbonyl (C=O) groups excluding carboxylic acids is 1. The van der Waals surface area contributed by atoms with Gasteiger partial charge in [0.15, 0.2) is 5.82 Å². The molecule has 0 saturated carbocycles. The summed E-state index contributed by atoms with van der Waals surface area (Å²) in [6.07, 6.45) is 6.44. The Balaban J connectivity index is 0.000000755. The SMILES string of the molecule is C[C@H]1CN(C(=O)CCCn2cncn2)Cc2nnc(C3CCOCC3)n21.O=CO. The highest BCUT2D eigenvalue weighted by atomic mass is 16.5. The number of carboxylic acid groups (broad SMARTS) is 1. The number of rotatable bonds is 5. The molecule has 0 aromatic carbocycles. The number of nitrogens with zero attached hydrogens (tertiary/aromatic N) is 7. The molecule has 2 aliphatic heterocycles.